The van der Waals surface area contributed by atoms with Crippen molar-refractivity contribution in [2.45, 2.75) is 20.4 Å². The number of nitrogens with zero attached hydrogens (tertiary/aromatic N) is 4. The van der Waals surface area contributed by atoms with Crippen LogP contribution in [0.15, 0.2) is 6.07 Å². The summed E-state index contributed by atoms with van der Waals surface area (Å²) in [7, 11) is 0. The van der Waals surface area contributed by atoms with E-state index in [9.17, 15) is 0 Å². The average Bonchev–Trinajstić information content (AvgIpc) is 2.47. The minimum absolute atomic E-state index is 0.382. The normalized spacial score (nSPS) is 11.0. The Labute approximate surface area is 75.6 Å². The van der Waals surface area contributed by atoms with Crippen molar-refractivity contribution < 1.29 is 0 Å². The Morgan fingerprint density at radius 1 is 1.38 bits per heavy atom. The Hall–Kier alpha value is -1.49. The maximum Gasteiger partial charge on any atom is 0.164 e. The SMILES string of the molecule is Cc1cc2nnc(CN)n2c(C)n1. The molecule has 0 saturated carbocycles. The highest BCUT2D eigenvalue weighted by Gasteiger charge is 2.06. The zero-order valence-electron chi connectivity index (χ0n) is 7.65. The molecule has 2 aromatic heterocycles. The van der Waals surface area contributed by atoms with Gasteiger partial charge in [-0.3, -0.25) is 4.40 Å². The molecule has 5 heteroatoms. The van der Waals surface area contributed by atoms with Crippen molar-refractivity contribution in [1.82, 2.24) is 19.6 Å². The first-order valence-electron chi connectivity index (χ1n) is 4.10. The second-order valence-corrected chi connectivity index (χ2v) is 2.96. The van der Waals surface area contributed by atoms with Crippen LogP contribution in [0.3, 0.4) is 0 Å². The lowest BCUT2D eigenvalue weighted by atomic mass is 10.4. The monoisotopic (exact) mass is 177 g/mol. The van der Waals surface area contributed by atoms with Crippen LogP contribution in [-0.4, -0.2) is 19.6 Å². The maximum atomic E-state index is 5.52. The molecule has 5 nitrogen and oxygen atoms in total. The number of aromatic nitrogens is 4. The number of aryl methyl sites for hydroxylation is 2. The Morgan fingerprint density at radius 3 is 2.85 bits per heavy atom. The van der Waals surface area contributed by atoms with Gasteiger partial charge < -0.3 is 5.73 Å². The third-order valence-corrected chi connectivity index (χ3v) is 1.94. The van der Waals surface area contributed by atoms with Gasteiger partial charge in [0.15, 0.2) is 11.5 Å². The van der Waals surface area contributed by atoms with Crippen LogP contribution in [0.5, 0.6) is 0 Å². The number of hydrogen-bond donors (Lipinski definition) is 1. The minimum Gasteiger partial charge on any atom is -0.324 e. The van der Waals surface area contributed by atoms with Crippen LogP contribution in [0.4, 0.5) is 0 Å². The van der Waals surface area contributed by atoms with Crippen molar-refractivity contribution >= 4 is 5.65 Å². The van der Waals surface area contributed by atoms with E-state index in [0.29, 0.717) is 6.54 Å². The minimum atomic E-state index is 0.382. The van der Waals surface area contributed by atoms with Gasteiger partial charge in [-0.2, -0.15) is 0 Å². The van der Waals surface area contributed by atoms with Gasteiger partial charge in [0, 0.05) is 11.8 Å². The lowest BCUT2D eigenvalue weighted by molar-refractivity contribution is 0.842. The molecule has 0 saturated heterocycles. The van der Waals surface area contributed by atoms with Crippen LogP contribution in [0, 0.1) is 13.8 Å². The van der Waals surface area contributed by atoms with Gasteiger partial charge in [0.2, 0.25) is 0 Å². The molecule has 0 aliphatic heterocycles. The summed E-state index contributed by atoms with van der Waals surface area (Å²) in [5.74, 6) is 1.63. The van der Waals surface area contributed by atoms with E-state index in [-0.39, 0.29) is 0 Å². The second kappa shape index (κ2) is 2.77. The molecule has 0 fully saturated rings. The smallest absolute Gasteiger partial charge is 0.164 e. The fourth-order valence-electron chi connectivity index (χ4n) is 1.43. The summed E-state index contributed by atoms with van der Waals surface area (Å²) < 4.78 is 1.87. The zero-order valence-corrected chi connectivity index (χ0v) is 7.65. The van der Waals surface area contributed by atoms with Crippen molar-refractivity contribution in [3.63, 3.8) is 0 Å². The van der Waals surface area contributed by atoms with E-state index in [1.54, 1.807) is 0 Å². The molecule has 0 unspecified atom stereocenters. The predicted octanol–water partition coefficient (Wildman–Crippen LogP) is 0.200. The van der Waals surface area contributed by atoms with E-state index in [0.717, 1.165) is 23.0 Å². The highest BCUT2D eigenvalue weighted by Crippen LogP contribution is 2.07. The van der Waals surface area contributed by atoms with E-state index >= 15 is 0 Å². The zero-order chi connectivity index (χ0) is 9.42. The highest BCUT2D eigenvalue weighted by molar-refractivity contribution is 5.39. The number of hydrogen-bond acceptors (Lipinski definition) is 4. The fraction of sp³-hybridized carbons (Fsp3) is 0.375. The molecule has 0 aliphatic carbocycles. The fourth-order valence-corrected chi connectivity index (χ4v) is 1.43. The molecule has 0 bridgehead atoms. The molecule has 0 amide bonds. The standard InChI is InChI=1S/C8H11N5/c1-5-3-7-11-12-8(4-9)13(7)6(2)10-5/h3H,4,9H2,1-2H3. The molecule has 2 rings (SSSR count). The molecule has 13 heavy (non-hydrogen) atoms. The average molecular weight is 177 g/mol. The summed E-state index contributed by atoms with van der Waals surface area (Å²) in [6.45, 7) is 4.24. The van der Waals surface area contributed by atoms with Gasteiger partial charge in [-0.15, -0.1) is 10.2 Å². The maximum absolute atomic E-state index is 5.52. The largest absolute Gasteiger partial charge is 0.324 e. The van der Waals surface area contributed by atoms with E-state index in [1.165, 1.54) is 0 Å². The van der Waals surface area contributed by atoms with Gasteiger partial charge in [0.1, 0.15) is 5.82 Å². The lowest BCUT2D eigenvalue weighted by Gasteiger charge is -2.01. The van der Waals surface area contributed by atoms with Gasteiger partial charge in [0.25, 0.3) is 0 Å². The Kier molecular flexibility index (Phi) is 1.73. The Balaban J connectivity index is 2.82. The van der Waals surface area contributed by atoms with E-state index in [2.05, 4.69) is 15.2 Å². The summed E-state index contributed by atoms with van der Waals surface area (Å²) >= 11 is 0. The van der Waals surface area contributed by atoms with E-state index in [1.807, 2.05) is 24.3 Å². The third-order valence-electron chi connectivity index (χ3n) is 1.94. The Morgan fingerprint density at radius 2 is 2.15 bits per heavy atom. The molecule has 2 aromatic rings. The summed E-state index contributed by atoms with van der Waals surface area (Å²) in [4.78, 5) is 4.31. The van der Waals surface area contributed by atoms with Crippen LogP contribution >= 0.6 is 0 Å². The van der Waals surface area contributed by atoms with E-state index in [4.69, 9.17) is 5.73 Å². The summed E-state index contributed by atoms with van der Waals surface area (Å²) in [6, 6.07) is 1.89. The van der Waals surface area contributed by atoms with E-state index < -0.39 is 0 Å². The summed E-state index contributed by atoms with van der Waals surface area (Å²) in [5, 5.41) is 7.97. The number of fused-ring (bicyclic) bond motifs is 1. The molecule has 0 aliphatic rings. The molecule has 2 N–H and O–H groups in total. The Bertz CT molecular complexity index is 445. The molecule has 0 atom stereocenters. The highest BCUT2D eigenvalue weighted by atomic mass is 15.3. The van der Waals surface area contributed by atoms with Gasteiger partial charge in [-0.25, -0.2) is 4.98 Å². The summed E-state index contributed by atoms with van der Waals surface area (Å²) in [6.07, 6.45) is 0. The van der Waals surface area contributed by atoms with Gasteiger partial charge in [0.05, 0.1) is 6.54 Å². The quantitative estimate of drug-likeness (QED) is 0.675. The lowest BCUT2D eigenvalue weighted by Crippen LogP contribution is -2.06. The summed E-state index contributed by atoms with van der Waals surface area (Å²) in [5.41, 5.74) is 7.27. The van der Waals surface area contributed by atoms with Crippen molar-refractivity contribution in [2.24, 2.45) is 5.73 Å². The van der Waals surface area contributed by atoms with Crippen molar-refractivity contribution in [2.75, 3.05) is 0 Å². The van der Waals surface area contributed by atoms with Crippen LogP contribution in [0.2, 0.25) is 0 Å². The molecule has 0 radical (unpaired) electrons. The molecule has 68 valence electrons. The molecular formula is C8H11N5. The van der Waals surface area contributed by atoms with Crippen LogP contribution in [-0.2, 0) is 6.54 Å². The number of nitrogens with two attached hydrogens (primary N) is 1. The van der Waals surface area contributed by atoms with Gasteiger partial charge in [-0.1, -0.05) is 0 Å². The van der Waals surface area contributed by atoms with Gasteiger partial charge in [-0.05, 0) is 13.8 Å². The second-order valence-electron chi connectivity index (χ2n) is 2.96. The van der Waals surface area contributed by atoms with Crippen molar-refractivity contribution in [1.29, 1.82) is 0 Å². The molecule has 2 heterocycles. The van der Waals surface area contributed by atoms with Crippen molar-refractivity contribution in [3.8, 4) is 0 Å². The first-order chi connectivity index (χ1) is 6.22. The van der Waals surface area contributed by atoms with Gasteiger partial charge >= 0.3 is 0 Å². The van der Waals surface area contributed by atoms with Crippen LogP contribution in [0.1, 0.15) is 17.3 Å². The topological polar surface area (TPSA) is 69.1 Å². The molecule has 0 spiro atoms. The first kappa shape index (κ1) is 8.12. The van der Waals surface area contributed by atoms with Crippen LogP contribution < -0.4 is 5.73 Å². The third kappa shape index (κ3) is 1.17. The van der Waals surface area contributed by atoms with Crippen LogP contribution in [0.25, 0.3) is 5.65 Å². The predicted molar refractivity (Wildman–Crippen MR) is 48.1 cm³/mol. The first-order valence-corrected chi connectivity index (χ1v) is 4.10. The molecule has 0 aromatic carbocycles. The van der Waals surface area contributed by atoms with Crippen molar-refractivity contribution in [3.05, 3.63) is 23.4 Å². The molecular weight excluding hydrogens is 166 g/mol. The number of rotatable bonds is 1.